The summed E-state index contributed by atoms with van der Waals surface area (Å²) in [6.45, 7) is 4.03. The minimum absolute atomic E-state index is 0.244. The van der Waals surface area contributed by atoms with Gasteiger partial charge in [0.05, 0.1) is 22.8 Å². The first-order valence-electron chi connectivity index (χ1n) is 16.0. The first-order valence-corrected chi connectivity index (χ1v) is 16.0. The summed E-state index contributed by atoms with van der Waals surface area (Å²) in [6, 6.07) is 54.0. The van der Waals surface area contributed by atoms with E-state index in [4.69, 9.17) is 4.42 Å². The number of nitrogens with zero attached hydrogens (tertiary/aromatic N) is 2. The third kappa shape index (κ3) is 3.60. The molecule has 1 unspecified atom stereocenters. The number of furan rings is 1. The van der Waals surface area contributed by atoms with Crippen LogP contribution < -0.4 is 0 Å². The van der Waals surface area contributed by atoms with E-state index in [1.807, 2.05) is 6.07 Å². The highest BCUT2D eigenvalue weighted by Gasteiger charge is 2.30. The standard InChI is InChI=1S/C44H28N2O/c1-45-37-23-10-8-20-34(37)42(33-22-12-15-27-13-2-4-16-29(27)33)46-41-30-17-5-3-14-28(30)25-26-36(41)39-31-18-6-7-19-32(31)40-35-21-9-11-24-38(35)47-44(40)43(39)46/h2-26,42H,1H2. The van der Waals surface area contributed by atoms with Gasteiger partial charge in [0.15, 0.2) is 5.58 Å². The molecule has 0 fully saturated rings. The molecule has 220 valence electrons. The fraction of sp³-hybridized carbons (Fsp3) is 0.0227. The van der Waals surface area contributed by atoms with Gasteiger partial charge in [-0.2, -0.15) is 0 Å². The predicted octanol–water partition coefficient (Wildman–Crippen LogP) is 12.1. The van der Waals surface area contributed by atoms with Gasteiger partial charge in [-0.25, -0.2) is 0 Å². The number of hydrogen-bond donors (Lipinski definition) is 0. The molecule has 10 rings (SSSR count). The SMILES string of the molecule is C=Nc1ccccc1C(c1cccc2ccccc12)n1c2c3ccccc3ccc2c2c3ccccc3c3c4ccccc4oc3c21. The number of benzene rings is 8. The highest BCUT2D eigenvalue weighted by molar-refractivity contribution is 6.36. The molecular weight excluding hydrogens is 572 g/mol. The van der Waals surface area contributed by atoms with Gasteiger partial charge in [-0.3, -0.25) is 4.99 Å². The van der Waals surface area contributed by atoms with Gasteiger partial charge >= 0.3 is 0 Å². The molecule has 1 atom stereocenters. The van der Waals surface area contributed by atoms with Crippen LogP contribution in [-0.2, 0) is 0 Å². The molecule has 2 aromatic heterocycles. The summed E-state index contributed by atoms with van der Waals surface area (Å²) in [4.78, 5) is 4.59. The molecule has 0 spiro atoms. The maximum Gasteiger partial charge on any atom is 0.160 e. The maximum absolute atomic E-state index is 6.97. The third-order valence-electron chi connectivity index (χ3n) is 9.94. The molecule has 0 bridgehead atoms. The minimum atomic E-state index is -0.244. The van der Waals surface area contributed by atoms with E-state index in [0.29, 0.717) is 0 Å². The third-order valence-corrected chi connectivity index (χ3v) is 9.94. The molecule has 0 saturated heterocycles. The van der Waals surface area contributed by atoms with Crippen LogP contribution in [0.2, 0.25) is 0 Å². The van der Waals surface area contributed by atoms with Crippen molar-refractivity contribution in [1.29, 1.82) is 0 Å². The molecule has 10 aromatic rings. The van der Waals surface area contributed by atoms with Crippen molar-refractivity contribution in [3.63, 3.8) is 0 Å². The molecule has 0 amide bonds. The number of fused-ring (bicyclic) bond motifs is 13. The second-order valence-corrected chi connectivity index (χ2v) is 12.3. The number of aliphatic imine (C=N–C) groups is 1. The summed E-state index contributed by atoms with van der Waals surface area (Å²) in [7, 11) is 0. The van der Waals surface area contributed by atoms with Gasteiger partial charge in [0.1, 0.15) is 5.58 Å². The Hall–Kier alpha value is -6.19. The quantitative estimate of drug-likeness (QED) is 0.185. The first-order chi connectivity index (χ1) is 23.3. The molecule has 0 aliphatic rings. The van der Waals surface area contributed by atoms with Crippen molar-refractivity contribution in [3.8, 4) is 0 Å². The Morgan fingerprint density at radius 3 is 1.87 bits per heavy atom. The topological polar surface area (TPSA) is 30.4 Å². The molecule has 47 heavy (non-hydrogen) atoms. The van der Waals surface area contributed by atoms with Crippen LogP contribution in [-0.4, -0.2) is 11.3 Å². The highest BCUT2D eigenvalue weighted by atomic mass is 16.3. The van der Waals surface area contributed by atoms with E-state index in [1.54, 1.807) is 0 Å². The normalized spacial score (nSPS) is 12.7. The van der Waals surface area contributed by atoms with Crippen molar-refractivity contribution in [2.45, 2.75) is 6.04 Å². The van der Waals surface area contributed by atoms with E-state index in [1.165, 1.54) is 54.2 Å². The number of aromatic nitrogens is 1. The Kier molecular flexibility index (Phi) is 5.49. The second-order valence-electron chi connectivity index (χ2n) is 12.3. The molecule has 0 N–H and O–H groups in total. The van der Waals surface area contributed by atoms with Gasteiger partial charge in [0.2, 0.25) is 0 Å². The summed E-state index contributed by atoms with van der Waals surface area (Å²) in [5.74, 6) is 0. The molecule has 0 aliphatic heterocycles. The van der Waals surface area contributed by atoms with Crippen LogP contribution in [0.1, 0.15) is 17.2 Å². The van der Waals surface area contributed by atoms with Gasteiger partial charge in [0, 0.05) is 32.5 Å². The smallest absolute Gasteiger partial charge is 0.160 e. The molecule has 0 radical (unpaired) electrons. The van der Waals surface area contributed by atoms with E-state index in [9.17, 15) is 0 Å². The first kappa shape index (κ1) is 26.1. The van der Waals surface area contributed by atoms with Crippen molar-refractivity contribution in [2.24, 2.45) is 4.99 Å². The summed E-state index contributed by atoms with van der Waals surface area (Å²) in [6.07, 6.45) is 0. The molecule has 2 heterocycles. The molecule has 8 aromatic carbocycles. The summed E-state index contributed by atoms with van der Waals surface area (Å²) in [5, 5.41) is 11.9. The van der Waals surface area contributed by atoms with Crippen LogP contribution >= 0.6 is 0 Å². The lowest BCUT2D eigenvalue weighted by atomic mass is 9.92. The van der Waals surface area contributed by atoms with Crippen LogP contribution in [0.4, 0.5) is 5.69 Å². The van der Waals surface area contributed by atoms with Crippen molar-refractivity contribution in [1.82, 2.24) is 4.57 Å². The monoisotopic (exact) mass is 600 g/mol. The Balaban J connectivity index is 1.54. The zero-order valence-corrected chi connectivity index (χ0v) is 25.5. The largest absolute Gasteiger partial charge is 0.454 e. The van der Waals surface area contributed by atoms with E-state index < -0.39 is 0 Å². The van der Waals surface area contributed by atoms with Gasteiger partial charge in [0.25, 0.3) is 0 Å². The fourth-order valence-electron chi connectivity index (χ4n) is 8.03. The summed E-state index contributed by atoms with van der Waals surface area (Å²) in [5.41, 5.74) is 7.19. The highest BCUT2D eigenvalue weighted by Crippen LogP contribution is 2.50. The molecule has 3 nitrogen and oxygen atoms in total. The van der Waals surface area contributed by atoms with E-state index >= 15 is 0 Å². The van der Waals surface area contributed by atoms with Crippen LogP contribution in [0, 0.1) is 0 Å². The second kappa shape index (κ2) is 9.90. The summed E-state index contributed by atoms with van der Waals surface area (Å²) >= 11 is 0. The lowest BCUT2D eigenvalue weighted by Gasteiger charge is -2.26. The van der Waals surface area contributed by atoms with E-state index in [0.717, 1.165) is 38.7 Å². The Bertz CT molecular complexity index is 2880. The van der Waals surface area contributed by atoms with Crippen molar-refractivity contribution >= 4 is 88.5 Å². The van der Waals surface area contributed by atoms with Crippen molar-refractivity contribution < 1.29 is 4.42 Å². The van der Waals surface area contributed by atoms with Gasteiger partial charge in [-0.1, -0.05) is 140 Å². The minimum Gasteiger partial charge on any atom is -0.454 e. The summed E-state index contributed by atoms with van der Waals surface area (Å²) < 4.78 is 9.52. The number of rotatable bonds is 4. The van der Waals surface area contributed by atoms with Crippen molar-refractivity contribution in [2.75, 3.05) is 0 Å². The molecule has 3 heteroatoms. The fourth-order valence-corrected chi connectivity index (χ4v) is 8.03. The lowest BCUT2D eigenvalue weighted by molar-refractivity contribution is 0.664. The predicted molar refractivity (Wildman–Crippen MR) is 199 cm³/mol. The van der Waals surface area contributed by atoms with E-state index in [-0.39, 0.29) is 6.04 Å². The number of para-hydroxylation sites is 2. The molecular formula is C44H28N2O. The molecule has 0 aliphatic carbocycles. The Morgan fingerprint density at radius 1 is 0.468 bits per heavy atom. The average Bonchev–Trinajstić information content (AvgIpc) is 3.69. The zero-order valence-electron chi connectivity index (χ0n) is 25.5. The lowest BCUT2D eigenvalue weighted by Crippen LogP contribution is -2.13. The van der Waals surface area contributed by atoms with Crippen LogP contribution in [0.15, 0.2) is 161 Å². The van der Waals surface area contributed by atoms with Crippen LogP contribution in [0.5, 0.6) is 0 Å². The van der Waals surface area contributed by atoms with E-state index in [2.05, 4.69) is 162 Å². The Labute approximate surface area is 270 Å². The zero-order chi connectivity index (χ0) is 31.1. The van der Waals surface area contributed by atoms with Crippen LogP contribution in [0.3, 0.4) is 0 Å². The van der Waals surface area contributed by atoms with Gasteiger partial charge in [-0.05, 0) is 51.3 Å². The van der Waals surface area contributed by atoms with Crippen molar-refractivity contribution in [3.05, 3.63) is 163 Å². The van der Waals surface area contributed by atoms with Gasteiger partial charge in [-0.15, -0.1) is 0 Å². The average molecular weight is 601 g/mol. The maximum atomic E-state index is 6.97. The Morgan fingerprint density at radius 2 is 1.06 bits per heavy atom. The number of hydrogen-bond acceptors (Lipinski definition) is 2. The molecule has 0 saturated carbocycles. The van der Waals surface area contributed by atoms with Gasteiger partial charge < -0.3 is 8.98 Å². The van der Waals surface area contributed by atoms with Crippen LogP contribution in [0.25, 0.3) is 76.1 Å².